The third kappa shape index (κ3) is 2.80. The van der Waals surface area contributed by atoms with Crippen molar-refractivity contribution >= 4 is 23.1 Å². The van der Waals surface area contributed by atoms with Crippen molar-refractivity contribution in [2.45, 2.75) is 43.4 Å². The first-order valence-electron chi connectivity index (χ1n) is 5.86. The SMILES string of the molecule is CC1(C(CCc2ccsc2)NN)CCCS1. The van der Waals surface area contributed by atoms with E-state index in [9.17, 15) is 0 Å². The Morgan fingerprint density at radius 1 is 1.62 bits per heavy atom. The summed E-state index contributed by atoms with van der Waals surface area (Å²) in [7, 11) is 0. The van der Waals surface area contributed by atoms with Crippen molar-refractivity contribution in [3.05, 3.63) is 22.4 Å². The average molecular weight is 256 g/mol. The molecule has 1 aromatic rings. The van der Waals surface area contributed by atoms with Crippen LogP contribution in [-0.4, -0.2) is 16.5 Å². The van der Waals surface area contributed by atoms with E-state index >= 15 is 0 Å². The summed E-state index contributed by atoms with van der Waals surface area (Å²) in [6, 6.07) is 2.64. The summed E-state index contributed by atoms with van der Waals surface area (Å²) in [4.78, 5) is 0. The van der Waals surface area contributed by atoms with Crippen LogP contribution in [0.2, 0.25) is 0 Å². The van der Waals surface area contributed by atoms with E-state index < -0.39 is 0 Å². The summed E-state index contributed by atoms with van der Waals surface area (Å²) < 4.78 is 0.338. The van der Waals surface area contributed by atoms with Crippen LogP contribution in [0.5, 0.6) is 0 Å². The highest BCUT2D eigenvalue weighted by Crippen LogP contribution is 2.41. The van der Waals surface area contributed by atoms with Gasteiger partial charge in [0, 0.05) is 10.8 Å². The van der Waals surface area contributed by atoms with Gasteiger partial charge in [-0.25, -0.2) is 0 Å². The Hall–Kier alpha value is -0.0300. The molecule has 3 N–H and O–H groups in total. The lowest BCUT2D eigenvalue weighted by Crippen LogP contribution is -2.48. The van der Waals surface area contributed by atoms with Crippen LogP contribution < -0.4 is 11.3 Å². The first-order valence-corrected chi connectivity index (χ1v) is 7.78. The fourth-order valence-corrected chi connectivity index (χ4v) is 4.52. The molecule has 0 bridgehead atoms. The van der Waals surface area contributed by atoms with Gasteiger partial charge in [-0.2, -0.15) is 23.1 Å². The molecular formula is C12H20N2S2. The number of thioether (sulfide) groups is 1. The Morgan fingerprint density at radius 2 is 2.50 bits per heavy atom. The molecule has 90 valence electrons. The van der Waals surface area contributed by atoms with Crippen molar-refractivity contribution in [1.29, 1.82) is 0 Å². The predicted molar refractivity (Wildman–Crippen MR) is 73.8 cm³/mol. The van der Waals surface area contributed by atoms with Gasteiger partial charge in [0.25, 0.3) is 0 Å². The molecule has 0 radical (unpaired) electrons. The summed E-state index contributed by atoms with van der Waals surface area (Å²) >= 11 is 3.85. The zero-order valence-corrected chi connectivity index (χ0v) is 11.4. The van der Waals surface area contributed by atoms with E-state index in [2.05, 4.69) is 40.9 Å². The van der Waals surface area contributed by atoms with Crippen molar-refractivity contribution in [3.8, 4) is 0 Å². The smallest absolute Gasteiger partial charge is 0.0358 e. The molecule has 1 aliphatic heterocycles. The maximum Gasteiger partial charge on any atom is 0.0358 e. The normalized spacial score (nSPS) is 27.1. The van der Waals surface area contributed by atoms with E-state index in [0.717, 1.165) is 12.8 Å². The highest BCUT2D eigenvalue weighted by molar-refractivity contribution is 8.00. The molecule has 2 rings (SSSR count). The molecule has 1 saturated heterocycles. The van der Waals surface area contributed by atoms with Gasteiger partial charge in [0.1, 0.15) is 0 Å². The van der Waals surface area contributed by atoms with E-state index in [0.29, 0.717) is 10.8 Å². The lowest BCUT2D eigenvalue weighted by molar-refractivity contribution is 0.387. The lowest BCUT2D eigenvalue weighted by atomic mass is 9.92. The van der Waals surface area contributed by atoms with Crippen LogP contribution in [0.4, 0.5) is 0 Å². The number of nitrogens with two attached hydrogens (primary N) is 1. The summed E-state index contributed by atoms with van der Waals surface area (Å²) in [5.41, 5.74) is 4.47. The summed E-state index contributed by atoms with van der Waals surface area (Å²) in [5.74, 6) is 7.00. The molecule has 0 amide bonds. The Labute approximate surface area is 106 Å². The van der Waals surface area contributed by atoms with Crippen molar-refractivity contribution in [2.24, 2.45) is 5.84 Å². The molecule has 0 spiro atoms. The monoisotopic (exact) mass is 256 g/mol. The van der Waals surface area contributed by atoms with Gasteiger partial charge in [-0.1, -0.05) is 0 Å². The molecule has 0 saturated carbocycles. The molecule has 1 fully saturated rings. The average Bonchev–Trinajstić information content (AvgIpc) is 2.91. The van der Waals surface area contributed by atoms with Crippen LogP contribution in [0.3, 0.4) is 0 Å². The largest absolute Gasteiger partial charge is 0.271 e. The highest BCUT2D eigenvalue weighted by atomic mass is 32.2. The van der Waals surface area contributed by atoms with E-state index in [-0.39, 0.29) is 0 Å². The molecule has 4 heteroatoms. The molecule has 2 atom stereocenters. The predicted octanol–water partition coefficient (Wildman–Crippen LogP) is 2.80. The van der Waals surface area contributed by atoms with Gasteiger partial charge in [-0.05, 0) is 60.7 Å². The number of hydrogen-bond acceptors (Lipinski definition) is 4. The van der Waals surface area contributed by atoms with Gasteiger partial charge < -0.3 is 0 Å². The second-order valence-corrected chi connectivity index (χ2v) is 7.06. The minimum Gasteiger partial charge on any atom is -0.271 e. The van der Waals surface area contributed by atoms with E-state index in [1.54, 1.807) is 11.3 Å². The molecular weight excluding hydrogens is 236 g/mol. The molecule has 0 aliphatic carbocycles. The molecule has 2 nitrogen and oxygen atoms in total. The quantitative estimate of drug-likeness (QED) is 0.628. The second kappa shape index (κ2) is 5.54. The van der Waals surface area contributed by atoms with Crippen LogP contribution in [0, 0.1) is 0 Å². The first-order chi connectivity index (χ1) is 7.74. The Bertz CT molecular complexity index is 305. The van der Waals surface area contributed by atoms with E-state index in [1.165, 1.54) is 24.2 Å². The minimum absolute atomic E-state index is 0.338. The molecule has 2 unspecified atom stereocenters. The molecule has 2 heterocycles. The van der Waals surface area contributed by atoms with Gasteiger partial charge in [0.2, 0.25) is 0 Å². The van der Waals surface area contributed by atoms with Crippen molar-refractivity contribution in [2.75, 3.05) is 5.75 Å². The minimum atomic E-state index is 0.338. The van der Waals surface area contributed by atoms with E-state index in [4.69, 9.17) is 5.84 Å². The van der Waals surface area contributed by atoms with Gasteiger partial charge in [-0.3, -0.25) is 11.3 Å². The Balaban J connectivity index is 1.90. The van der Waals surface area contributed by atoms with Crippen LogP contribution in [0.25, 0.3) is 0 Å². The van der Waals surface area contributed by atoms with Gasteiger partial charge >= 0.3 is 0 Å². The maximum atomic E-state index is 5.72. The van der Waals surface area contributed by atoms with E-state index in [1.807, 2.05) is 0 Å². The lowest BCUT2D eigenvalue weighted by Gasteiger charge is -2.32. The number of thiophene rings is 1. The zero-order chi connectivity index (χ0) is 11.4. The fourth-order valence-electron chi connectivity index (χ4n) is 2.39. The molecule has 16 heavy (non-hydrogen) atoms. The van der Waals surface area contributed by atoms with Crippen LogP contribution in [0.15, 0.2) is 16.8 Å². The van der Waals surface area contributed by atoms with Gasteiger partial charge in [0.15, 0.2) is 0 Å². The summed E-state index contributed by atoms with van der Waals surface area (Å²) in [6.45, 7) is 2.35. The number of hydrogen-bond donors (Lipinski definition) is 2. The van der Waals surface area contributed by atoms with Crippen molar-refractivity contribution in [3.63, 3.8) is 0 Å². The van der Waals surface area contributed by atoms with Crippen molar-refractivity contribution < 1.29 is 0 Å². The van der Waals surface area contributed by atoms with Crippen LogP contribution in [0.1, 0.15) is 31.7 Å². The zero-order valence-electron chi connectivity index (χ0n) is 9.74. The second-order valence-electron chi connectivity index (χ2n) is 4.65. The fraction of sp³-hybridized carbons (Fsp3) is 0.667. The third-order valence-corrected chi connectivity index (χ3v) is 5.86. The standard InChI is InChI=1S/C12H20N2S2/c1-12(6-2-7-16-12)11(14-13)4-3-10-5-8-15-9-10/h5,8-9,11,14H,2-4,6-7,13H2,1H3. The Kier molecular flexibility index (Phi) is 4.30. The summed E-state index contributed by atoms with van der Waals surface area (Å²) in [5, 5.41) is 4.38. The molecule has 1 aromatic heterocycles. The van der Waals surface area contributed by atoms with Crippen LogP contribution in [-0.2, 0) is 6.42 Å². The van der Waals surface area contributed by atoms with Crippen LogP contribution >= 0.6 is 23.1 Å². The number of rotatable bonds is 5. The maximum absolute atomic E-state index is 5.72. The Morgan fingerprint density at radius 3 is 3.06 bits per heavy atom. The topological polar surface area (TPSA) is 38.0 Å². The molecule has 0 aromatic carbocycles. The van der Waals surface area contributed by atoms with Crippen molar-refractivity contribution in [1.82, 2.24) is 5.43 Å². The molecule has 1 aliphatic rings. The van der Waals surface area contributed by atoms with Gasteiger partial charge in [-0.15, -0.1) is 0 Å². The number of aryl methyl sites for hydroxylation is 1. The number of nitrogens with one attached hydrogen (secondary N) is 1. The highest BCUT2D eigenvalue weighted by Gasteiger charge is 2.36. The third-order valence-electron chi connectivity index (χ3n) is 3.49. The van der Waals surface area contributed by atoms with Gasteiger partial charge in [0.05, 0.1) is 0 Å². The summed E-state index contributed by atoms with van der Waals surface area (Å²) in [6.07, 6.45) is 4.89. The first kappa shape index (κ1) is 12.4. The number of hydrazine groups is 1.